The number of benzene rings is 3. The zero-order chi connectivity index (χ0) is 39.3. The summed E-state index contributed by atoms with van der Waals surface area (Å²) in [7, 11) is -4.57. The van der Waals surface area contributed by atoms with Crippen LogP contribution in [0.15, 0.2) is 91.0 Å². The molecule has 0 saturated heterocycles. The number of hydrogen-bond acceptors (Lipinski definition) is 10. The van der Waals surface area contributed by atoms with E-state index in [0.717, 1.165) is 0 Å². The van der Waals surface area contributed by atoms with Crippen LogP contribution in [0.4, 0.5) is 14.4 Å². The number of ether oxygens (including phenoxy) is 3. The molecule has 0 aliphatic carbocycles. The van der Waals surface area contributed by atoms with Crippen LogP contribution in [0.3, 0.4) is 0 Å². The van der Waals surface area contributed by atoms with Gasteiger partial charge in [0.25, 0.3) is 0 Å². The van der Waals surface area contributed by atoms with Gasteiger partial charge < -0.3 is 30.2 Å². The number of nitrogens with one attached hydrogen (secondary N) is 3. The number of hydrogen-bond donors (Lipinski definition) is 3. The summed E-state index contributed by atoms with van der Waals surface area (Å²) in [5.74, 6) is 0. The van der Waals surface area contributed by atoms with E-state index in [9.17, 15) is 18.9 Å². The Labute approximate surface area is 313 Å². The largest absolute Gasteiger partial charge is 0.475 e. The highest BCUT2D eigenvalue weighted by atomic mass is 31.2. The second-order valence-electron chi connectivity index (χ2n) is 15.2. The Hall–Kier alpha value is -4.42. The van der Waals surface area contributed by atoms with Gasteiger partial charge in [0.2, 0.25) is 0 Å². The van der Waals surface area contributed by atoms with Crippen LogP contribution in [0.1, 0.15) is 97.1 Å². The van der Waals surface area contributed by atoms with Crippen molar-refractivity contribution >= 4 is 26.1 Å². The van der Waals surface area contributed by atoms with Gasteiger partial charge in [0.1, 0.15) is 16.8 Å². The van der Waals surface area contributed by atoms with Gasteiger partial charge >= 0.3 is 26.1 Å². The number of amides is 3. The lowest BCUT2D eigenvalue weighted by Gasteiger charge is -2.28. The van der Waals surface area contributed by atoms with Gasteiger partial charge in [-0.25, -0.2) is 18.9 Å². The van der Waals surface area contributed by atoms with Gasteiger partial charge in [0.15, 0.2) is 0 Å². The first-order valence-electron chi connectivity index (χ1n) is 17.4. The molecule has 0 aromatic heterocycles. The Morgan fingerprint density at radius 3 is 0.906 bits per heavy atom. The molecule has 3 rings (SSSR count). The number of phosphoric ester groups is 1. The molecule has 0 fully saturated rings. The quantitative estimate of drug-likeness (QED) is 0.101. The summed E-state index contributed by atoms with van der Waals surface area (Å²) in [4.78, 5) is 38.7. The van der Waals surface area contributed by atoms with Crippen LogP contribution in [0, 0.1) is 0 Å². The molecule has 0 radical (unpaired) electrons. The lowest BCUT2D eigenvalue weighted by atomic mass is 10.1. The molecule has 3 aromatic carbocycles. The van der Waals surface area contributed by atoms with E-state index in [4.69, 9.17) is 27.8 Å². The van der Waals surface area contributed by atoms with E-state index in [1.807, 2.05) is 18.2 Å². The minimum absolute atomic E-state index is 0.370. The van der Waals surface area contributed by atoms with Gasteiger partial charge in [-0.2, -0.15) is 0 Å². The molecule has 0 spiro atoms. The maximum atomic E-state index is 14.7. The third kappa shape index (κ3) is 16.9. The van der Waals surface area contributed by atoms with Gasteiger partial charge in [-0.3, -0.25) is 13.6 Å². The monoisotopic (exact) mass is 755 g/mol. The summed E-state index contributed by atoms with van der Waals surface area (Å²) < 4.78 is 49.0. The second kappa shape index (κ2) is 19.1. The Kier molecular flexibility index (Phi) is 15.5. The summed E-state index contributed by atoms with van der Waals surface area (Å²) in [6, 6.07) is 24.2. The fourth-order valence-corrected chi connectivity index (χ4v) is 5.90. The van der Waals surface area contributed by atoms with E-state index >= 15 is 0 Å². The molecule has 3 atom stereocenters. The first-order chi connectivity index (χ1) is 24.7. The van der Waals surface area contributed by atoms with E-state index < -0.39 is 61.0 Å². The lowest BCUT2D eigenvalue weighted by molar-refractivity contribution is 0.0421. The van der Waals surface area contributed by atoms with Crippen LogP contribution in [0.5, 0.6) is 0 Å². The molecule has 13 nitrogen and oxygen atoms in total. The summed E-state index contributed by atoms with van der Waals surface area (Å²) in [6.45, 7) is 14.5. The molecule has 53 heavy (non-hydrogen) atoms. The van der Waals surface area contributed by atoms with Gasteiger partial charge in [-0.05, 0) is 79.0 Å². The standard InChI is InChI=1S/C39H54N3O10P/c1-37(2,3)50-34(43)40-31(28-19-13-10-14-20-28)25-47-53(46,48-26-32(29-21-15-11-16-22-29)41-35(44)51-38(4,5)6)49-27-33(30-23-17-12-18-24-30)42-36(45)52-39(7,8)9/h10-24,31-33H,25-27H2,1-9H3,(H,40,43)(H,41,44)(H,42,45)/t31-,32-,33-/m0/s1. The van der Waals surface area contributed by atoms with Crippen LogP contribution in [-0.4, -0.2) is 54.9 Å². The van der Waals surface area contributed by atoms with Crippen LogP contribution in [0.25, 0.3) is 0 Å². The molecule has 0 heterocycles. The van der Waals surface area contributed by atoms with E-state index in [1.54, 1.807) is 135 Å². The second-order valence-corrected chi connectivity index (χ2v) is 16.8. The van der Waals surface area contributed by atoms with Crippen LogP contribution in [0.2, 0.25) is 0 Å². The molecule has 0 aliphatic rings. The van der Waals surface area contributed by atoms with Crippen molar-refractivity contribution in [2.75, 3.05) is 19.8 Å². The molecule has 14 heteroatoms. The van der Waals surface area contributed by atoms with Crippen molar-refractivity contribution in [2.24, 2.45) is 0 Å². The third-order valence-electron chi connectivity index (χ3n) is 6.88. The zero-order valence-corrected chi connectivity index (χ0v) is 32.9. The van der Waals surface area contributed by atoms with Crippen LogP contribution in [-0.2, 0) is 32.3 Å². The van der Waals surface area contributed by atoms with E-state index in [0.29, 0.717) is 16.7 Å². The Morgan fingerprint density at radius 1 is 0.472 bits per heavy atom. The first kappa shape index (κ1) is 43.0. The Balaban J connectivity index is 1.95. The first-order valence-corrected chi connectivity index (χ1v) is 18.8. The fourth-order valence-electron chi connectivity index (χ4n) is 4.68. The number of phosphoric acid groups is 1. The van der Waals surface area contributed by atoms with Crippen LogP contribution >= 0.6 is 7.82 Å². The molecule has 0 bridgehead atoms. The van der Waals surface area contributed by atoms with Gasteiger partial charge in [0, 0.05) is 0 Å². The summed E-state index contributed by atoms with van der Waals surface area (Å²) in [5, 5.41) is 8.32. The highest BCUT2D eigenvalue weighted by molar-refractivity contribution is 7.48. The van der Waals surface area contributed by atoms with Crippen molar-refractivity contribution in [2.45, 2.75) is 97.2 Å². The van der Waals surface area contributed by atoms with E-state index in [-0.39, 0.29) is 19.8 Å². The number of carbonyl (C=O) groups excluding carboxylic acids is 3. The predicted octanol–water partition coefficient (Wildman–Crippen LogP) is 8.94. The van der Waals surface area contributed by atoms with E-state index in [1.165, 1.54) is 0 Å². The molecule has 3 aromatic rings. The SMILES string of the molecule is CC(C)(C)OC(=O)N[C@@H](COP(=O)(OC[C@H](NC(=O)OC(C)(C)C)c1ccccc1)OC[C@H](NC(=O)OC(C)(C)C)c1ccccc1)c1ccccc1. The van der Waals surface area contributed by atoms with Crippen molar-refractivity contribution in [1.82, 2.24) is 16.0 Å². The maximum absolute atomic E-state index is 14.7. The molecule has 0 unspecified atom stereocenters. The third-order valence-corrected chi connectivity index (χ3v) is 8.27. The smallest absolute Gasteiger partial charge is 0.444 e. The van der Waals surface area contributed by atoms with Gasteiger partial charge in [-0.1, -0.05) is 91.0 Å². The van der Waals surface area contributed by atoms with Crippen LogP contribution < -0.4 is 16.0 Å². The van der Waals surface area contributed by atoms with Gasteiger partial charge in [-0.15, -0.1) is 0 Å². The lowest BCUT2D eigenvalue weighted by Crippen LogP contribution is -2.37. The van der Waals surface area contributed by atoms with Crippen molar-refractivity contribution in [3.8, 4) is 0 Å². The molecule has 3 amide bonds. The molecular formula is C39H54N3O10P. The maximum Gasteiger partial charge on any atom is 0.475 e. The fraction of sp³-hybridized carbons (Fsp3) is 0.462. The van der Waals surface area contributed by atoms with Crippen molar-refractivity contribution in [3.05, 3.63) is 108 Å². The number of alkyl carbamates (subject to hydrolysis) is 3. The molecule has 290 valence electrons. The average molecular weight is 756 g/mol. The zero-order valence-electron chi connectivity index (χ0n) is 32.0. The normalized spacial score (nSPS) is 13.9. The Bertz CT molecular complexity index is 1450. The van der Waals surface area contributed by atoms with Crippen molar-refractivity contribution in [3.63, 3.8) is 0 Å². The number of carbonyl (C=O) groups is 3. The highest BCUT2D eigenvalue weighted by Crippen LogP contribution is 2.51. The summed E-state index contributed by atoms with van der Waals surface area (Å²) in [6.07, 6.45) is -2.16. The van der Waals surface area contributed by atoms with Gasteiger partial charge in [0.05, 0.1) is 37.9 Å². The predicted molar refractivity (Wildman–Crippen MR) is 201 cm³/mol. The topological polar surface area (TPSA) is 160 Å². The molecule has 0 aliphatic heterocycles. The van der Waals surface area contributed by atoms with E-state index in [2.05, 4.69) is 16.0 Å². The van der Waals surface area contributed by atoms with Crippen molar-refractivity contribution in [1.29, 1.82) is 0 Å². The summed E-state index contributed by atoms with van der Waals surface area (Å²) >= 11 is 0. The highest BCUT2D eigenvalue weighted by Gasteiger charge is 2.34. The van der Waals surface area contributed by atoms with Crippen molar-refractivity contribution < 1.29 is 46.7 Å². The minimum Gasteiger partial charge on any atom is -0.444 e. The molecular weight excluding hydrogens is 701 g/mol. The molecule has 3 N–H and O–H groups in total. The minimum atomic E-state index is -4.57. The average Bonchev–Trinajstić information content (AvgIpc) is 3.05. The summed E-state index contributed by atoms with van der Waals surface area (Å²) in [5.41, 5.74) is -0.453. The number of rotatable bonds is 15. The molecule has 0 saturated carbocycles. The Morgan fingerprint density at radius 2 is 0.698 bits per heavy atom.